The molecule has 71 heavy (non-hydrogen) atoms. The molecule has 0 amide bonds. The fourth-order valence-corrected chi connectivity index (χ4v) is 12.8. The van der Waals surface area contributed by atoms with Gasteiger partial charge in [-0.3, -0.25) is 0 Å². The summed E-state index contributed by atoms with van der Waals surface area (Å²) in [6.07, 6.45) is -8.98. The van der Waals surface area contributed by atoms with E-state index in [-0.39, 0.29) is 10.8 Å². The number of benzene rings is 9. The predicted octanol–water partition coefficient (Wildman–Crippen LogP) is 18.5. The number of nitrogens with zero attached hydrogens (tertiary/aromatic N) is 2. The Morgan fingerprint density at radius 1 is 0.352 bits per heavy atom. The Kier molecular flexibility index (Phi) is 9.14. The van der Waals surface area contributed by atoms with Gasteiger partial charge >= 0.3 is 12.4 Å². The Labute approximate surface area is 408 Å². The molecule has 0 aliphatic heterocycles. The fraction of sp³-hybridized carbons (Fsp3) is 0.129. The number of fused-ring (bicyclic) bond motifs is 13. The second kappa shape index (κ2) is 15.0. The van der Waals surface area contributed by atoms with Gasteiger partial charge in [0.25, 0.3) is 0 Å². The van der Waals surface area contributed by atoms with E-state index in [0.29, 0.717) is 33.3 Å². The van der Waals surface area contributed by atoms with Crippen LogP contribution in [0.1, 0.15) is 61.1 Å². The first kappa shape index (κ1) is 43.4. The number of rotatable bonds is 4. The lowest BCUT2D eigenvalue weighted by molar-refractivity contribution is -0.138. The van der Waals surface area contributed by atoms with Crippen LogP contribution >= 0.6 is 11.3 Å². The molecule has 2 nitrogen and oxygen atoms in total. The van der Waals surface area contributed by atoms with Gasteiger partial charge in [0.1, 0.15) is 11.0 Å². The summed E-state index contributed by atoms with van der Waals surface area (Å²) in [6, 6.07) is 52.3. The number of alkyl halides is 6. The highest BCUT2D eigenvalue weighted by Crippen LogP contribution is 2.58. The smallest absolute Gasteiger partial charge is 0.242 e. The van der Waals surface area contributed by atoms with Crippen molar-refractivity contribution in [2.75, 3.05) is 0 Å². The molecule has 0 N–H and O–H groups in total. The zero-order valence-electron chi connectivity index (χ0n) is 38.7. The van der Waals surface area contributed by atoms with E-state index < -0.39 is 23.5 Å². The maximum absolute atomic E-state index is 13.7. The third-order valence-electron chi connectivity index (χ3n) is 15.2. The summed E-state index contributed by atoms with van der Waals surface area (Å²) in [4.78, 5) is 13.4. The van der Waals surface area contributed by atoms with Crippen LogP contribution in [-0.2, 0) is 23.2 Å². The van der Waals surface area contributed by atoms with Crippen molar-refractivity contribution in [3.63, 3.8) is 0 Å². The van der Waals surface area contributed by atoms with Crippen LogP contribution in [0.5, 0.6) is 0 Å². The molecule has 0 saturated heterocycles. The monoisotopic (exact) mass is 958 g/mol. The van der Waals surface area contributed by atoms with E-state index in [4.69, 9.17) is 9.97 Å². The molecule has 2 aliphatic rings. The van der Waals surface area contributed by atoms with E-state index >= 15 is 0 Å². The average Bonchev–Trinajstić information content (AvgIpc) is 3.95. The second-order valence-electron chi connectivity index (χ2n) is 19.8. The third-order valence-corrected chi connectivity index (χ3v) is 16.4. The Morgan fingerprint density at radius 2 is 0.704 bits per heavy atom. The fourth-order valence-electron chi connectivity index (χ4n) is 11.6. The van der Waals surface area contributed by atoms with Gasteiger partial charge < -0.3 is 0 Å². The SMILES string of the molecule is CC1(C)c2ccccc2-c2c(-c3sc(-c4cccc5c4-c4ccccc4C5(C)C)c4nc5c6ccc(-c7ccc(C(F)(F)F)cc7)cc6c6cc(-c7ccc(C(F)(F)F)cc7)ccc6c5nc34)cccc21. The molecule has 0 radical (unpaired) electrons. The Hall–Kier alpha value is -7.62. The normalized spacial score (nSPS) is 14.6. The van der Waals surface area contributed by atoms with E-state index in [1.807, 2.05) is 36.4 Å². The molecule has 2 heterocycles. The van der Waals surface area contributed by atoms with Crippen molar-refractivity contribution in [1.82, 2.24) is 9.97 Å². The molecule has 9 heteroatoms. The summed E-state index contributed by atoms with van der Waals surface area (Å²) in [5.41, 5.74) is 15.3. The van der Waals surface area contributed by atoms with E-state index in [0.717, 1.165) is 77.7 Å². The minimum Gasteiger partial charge on any atom is -0.242 e. The quantitative estimate of drug-likeness (QED) is 0.130. The molecule has 0 spiro atoms. The summed E-state index contributed by atoms with van der Waals surface area (Å²) in [5.74, 6) is 0. The molecule has 0 bridgehead atoms. The lowest BCUT2D eigenvalue weighted by Crippen LogP contribution is -2.14. The molecule has 346 valence electrons. The van der Waals surface area contributed by atoms with Crippen molar-refractivity contribution in [3.05, 3.63) is 203 Å². The van der Waals surface area contributed by atoms with Gasteiger partial charge in [0.15, 0.2) is 0 Å². The first-order valence-corrected chi connectivity index (χ1v) is 24.3. The van der Waals surface area contributed by atoms with Crippen LogP contribution in [0.4, 0.5) is 26.3 Å². The van der Waals surface area contributed by atoms with Crippen molar-refractivity contribution < 1.29 is 26.3 Å². The van der Waals surface area contributed by atoms with Crippen LogP contribution in [0, 0.1) is 0 Å². The molecule has 2 aliphatic carbocycles. The van der Waals surface area contributed by atoms with Crippen LogP contribution in [-0.4, -0.2) is 9.97 Å². The van der Waals surface area contributed by atoms with Crippen molar-refractivity contribution in [2.45, 2.75) is 50.9 Å². The van der Waals surface area contributed by atoms with Crippen LogP contribution in [0.15, 0.2) is 170 Å². The summed E-state index contributed by atoms with van der Waals surface area (Å²) < 4.78 is 82.2. The lowest BCUT2D eigenvalue weighted by atomic mass is 9.82. The lowest BCUT2D eigenvalue weighted by Gasteiger charge is -2.21. The van der Waals surface area contributed by atoms with Gasteiger partial charge in [-0.15, -0.1) is 11.3 Å². The molecule has 2 aromatic heterocycles. The molecular weight excluding hydrogens is 919 g/mol. The maximum Gasteiger partial charge on any atom is 0.416 e. The topological polar surface area (TPSA) is 25.8 Å². The minimum atomic E-state index is -4.49. The standard InChI is InChI=1S/C62H40F6N2S/c1-59(2)47-15-7-5-11-41(47)51-43(13-9-17-49(51)59)57-55-56(58(71-57)44-14-10-18-50-52(44)42-12-6-8-16-48(42)60(50,3)4)70-54-40-30-24-36(34-21-27-38(28-22-34)62(66,67)68)32-46(40)45-31-35(23-29-39(45)53(54)69-55)33-19-25-37(26-20-33)61(63,64)65/h5-32H,1-4H3. The van der Waals surface area contributed by atoms with Crippen molar-refractivity contribution in [2.24, 2.45) is 0 Å². The van der Waals surface area contributed by atoms with Gasteiger partial charge in [0, 0.05) is 32.7 Å². The number of hydrogen-bond acceptors (Lipinski definition) is 3. The molecule has 0 atom stereocenters. The number of halogens is 6. The Bertz CT molecular complexity index is 3800. The molecule has 13 rings (SSSR count). The average molecular weight is 959 g/mol. The van der Waals surface area contributed by atoms with Gasteiger partial charge in [-0.1, -0.05) is 161 Å². The van der Waals surface area contributed by atoms with Gasteiger partial charge in [0.05, 0.1) is 31.9 Å². The largest absolute Gasteiger partial charge is 0.416 e. The first-order chi connectivity index (χ1) is 34.0. The third kappa shape index (κ3) is 6.41. The van der Waals surface area contributed by atoms with Crippen LogP contribution in [0.3, 0.4) is 0 Å². The van der Waals surface area contributed by atoms with Crippen LogP contribution in [0.2, 0.25) is 0 Å². The van der Waals surface area contributed by atoms with Crippen molar-refractivity contribution in [3.8, 4) is 65.4 Å². The number of thiophene rings is 1. The highest BCUT2D eigenvalue weighted by Gasteiger charge is 2.40. The van der Waals surface area contributed by atoms with Gasteiger partial charge in [-0.2, -0.15) is 26.3 Å². The minimum absolute atomic E-state index is 0.245. The summed E-state index contributed by atoms with van der Waals surface area (Å²) in [6.45, 7) is 9.10. The zero-order chi connectivity index (χ0) is 48.9. The first-order valence-electron chi connectivity index (χ1n) is 23.4. The summed E-state index contributed by atoms with van der Waals surface area (Å²) >= 11 is 1.70. The van der Waals surface area contributed by atoms with Crippen molar-refractivity contribution in [1.29, 1.82) is 0 Å². The van der Waals surface area contributed by atoms with E-state index in [2.05, 4.69) is 113 Å². The molecule has 0 saturated carbocycles. The predicted molar refractivity (Wildman–Crippen MR) is 277 cm³/mol. The number of aromatic nitrogens is 2. The maximum atomic E-state index is 13.7. The highest BCUT2D eigenvalue weighted by molar-refractivity contribution is 7.21. The van der Waals surface area contributed by atoms with E-state index in [1.54, 1.807) is 11.3 Å². The second-order valence-corrected chi connectivity index (χ2v) is 20.9. The van der Waals surface area contributed by atoms with E-state index in [9.17, 15) is 26.3 Å². The Morgan fingerprint density at radius 3 is 1.10 bits per heavy atom. The van der Waals surface area contributed by atoms with Crippen LogP contribution < -0.4 is 0 Å². The van der Waals surface area contributed by atoms with Crippen molar-refractivity contribution >= 4 is 54.9 Å². The number of hydrogen-bond donors (Lipinski definition) is 0. The van der Waals surface area contributed by atoms with Gasteiger partial charge in [-0.05, 0) is 114 Å². The Balaban J connectivity index is 1.13. The molecule has 0 unspecified atom stereocenters. The molecule has 9 aromatic carbocycles. The summed E-state index contributed by atoms with van der Waals surface area (Å²) in [5, 5.41) is 3.12. The van der Waals surface area contributed by atoms with Crippen LogP contribution in [0.25, 0.3) is 109 Å². The van der Waals surface area contributed by atoms with Gasteiger partial charge in [-0.25, -0.2) is 9.97 Å². The molecular formula is C62H40F6N2S. The molecule has 11 aromatic rings. The molecule has 0 fully saturated rings. The van der Waals surface area contributed by atoms with E-state index in [1.165, 1.54) is 68.8 Å². The van der Waals surface area contributed by atoms with Gasteiger partial charge in [0.2, 0.25) is 0 Å². The highest BCUT2D eigenvalue weighted by atomic mass is 32.1. The summed E-state index contributed by atoms with van der Waals surface area (Å²) in [7, 11) is 0. The zero-order valence-corrected chi connectivity index (χ0v) is 39.6.